The molecule has 0 aliphatic carbocycles. The van der Waals surface area contributed by atoms with E-state index in [0.29, 0.717) is 26.0 Å². The number of rotatable bonds is 8. The van der Waals surface area contributed by atoms with Crippen molar-refractivity contribution in [1.82, 2.24) is 14.7 Å². The smallest absolute Gasteiger partial charge is 0.222 e. The number of carbonyl (C=O) groups excluding carboxylic acids is 1. The molecular weight excluding hydrogens is 294 g/mol. The number of aromatic nitrogens is 2. The minimum absolute atomic E-state index is 0.104. The fourth-order valence-corrected chi connectivity index (χ4v) is 2.19. The molecule has 0 aliphatic rings. The van der Waals surface area contributed by atoms with Crippen molar-refractivity contribution in [2.75, 3.05) is 20.8 Å². The van der Waals surface area contributed by atoms with Crippen LogP contribution in [0, 0.1) is 0 Å². The van der Waals surface area contributed by atoms with Gasteiger partial charge in [-0.05, 0) is 30.7 Å². The predicted molar refractivity (Wildman–Crippen MR) is 87.4 cm³/mol. The van der Waals surface area contributed by atoms with E-state index >= 15 is 0 Å². The fourth-order valence-electron chi connectivity index (χ4n) is 2.19. The number of ether oxygens (including phenoxy) is 2. The number of hydrogen-bond acceptors (Lipinski definition) is 4. The Balaban J connectivity index is 1.67. The number of nitrogens with zero attached hydrogens (tertiary/aromatic N) is 3. The second-order valence-electron chi connectivity index (χ2n) is 5.40. The summed E-state index contributed by atoms with van der Waals surface area (Å²) in [5.41, 5.74) is 1.03. The zero-order valence-electron chi connectivity index (χ0n) is 13.9. The largest absolute Gasteiger partial charge is 0.497 e. The van der Waals surface area contributed by atoms with Crippen LogP contribution in [0.25, 0.3) is 0 Å². The molecule has 2 aromatic rings. The number of hydrogen-bond donors (Lipinski definition) is 0. The van der Waals surface area contributed by atoms with Gasteiger partial charge < -0.3 is 14.4 Å². The van der Waals surface area contributed by atoms with E-state index in [0.717, 1.165) is 17.1 Å². The van der Waals surface area contributed by atoms with Crippen LogP contribution < -0.4 is 9.47 Å². The van der Waals surface area contributed by atoms with Gasteiger partial charge in [0.25, 0.3) is 0 Å². The van der Waals surface area contributed by atoms with Crippen LogP contribution in [-0.2, 0) is 18.4 Å². The van der Waals surface area contributed by atoms with E-state index in [4.69, 9.17) is 9.47 Å². The van der Waals surface area contributed by atoms with Gasteiger partial charge in [-0.1, -0.05) is 0 Å². The Labute approximate surface area is 136 Å². The maximum Gasteiger partial charge on any atom is 0.222 e. The predicted octanol–water partition coefficient (Wildman–Crippen LogP) is 2.25. The number of aryl methyl sites for hydroxylation is 1. The van der Waals surface area contributed by atoms with Gasteiger partial charge in [0.1, 0.15) is 11.5 Å². The summed E-state index contributed by atoms with van der Waals surface area (Å²) in [5.74, 6) is 1.68. The minimum Gasteiger partial charge on any atom is -0.497 e. The van der Waals surface area contributed by atoms with Gasteiger partial charge in [0.15, 0.2) is 0 Å². The van der Waals surface area contributed by atoms with Crippen LogP contribution in [0.4, 0.5) is 0 Å². The molecule has 0 N–H and O–H groups in total. The van der Waals surface area contributed by atoms with Gasteiger partial charge in [0.05, 0.1) is 19.9 Å². The number of amides is 1. The summed E-state index contributed by atoms with van der Waals surface area (Å²) in [6.07, 6.45) is 4.84. The number of carbonyl (C=O) groups is 1. The quantitative estimate of drug-likeness (QED) is 0.701. The molecule has 1 amide bonds. The molecule has 6 heteroatoms. The van der Waals surface area contributed by atoms with E-state index in [9.17, 15) is 4.79 Å². The molecule has 0 fully saturated rings. The van der Waals surface area contributed by atoms with Crippen molar-refractivity contribution in [1.29, 1.82) is 0 Å². The summed E-state index contributed by atoms with van der Waals surface area (Å²) < 4.78 is 12.4. The van der Waals surface area contributed by atoms with Crippen molar-refractivity contribution in [3.05, 3.63) is 42.2 Å². The summed E-state index contributed by atoms with van der Waals surface area (Å²) in [6.45, 7) is 1.09. The molecule has 1 heterocycles. The fraction of sp³-hybridized carbons (Fsp3) is 0.412. The maximum absolute atomic E-state index is 12.1. The molecule has 0 saturated carbocycles. The van der Waals surface area contributed by atoms with Gasteiger partial charge in [-0.15, -0.1) is 0 Å². The van der Waals surface area contributed by atoms with E-state index in [1.807, 2.05) is 37.5 Å². The van der Waals surface area contributed by atoms with Crippen molar-refractivity contribution in [2.24, 2.45) is 7.05 Å². The highest BCUT2D eigenvalue weighted by atomic mass is 16.5. The van der Waals surface area contributed by atoms with E-state index in [1.54, 1.807) is 29.9 Å². The number of methoxy groups -OCH3 is 1. The average Bonchev–Trinajstić information content (AvgIpc) is 2.96. The van der Waals surface area contributed by atoms with Gasteiger partial charge in [-0.2, -0.15) is 5.10 Å². The van der Waals surface area contributed by atoms with Crippen LogP contribution in [-0.4, -0.2) is 41.4 Å². The Morgan fingerprint density at radius 2 is 1.96 bits per heavy atom. The third kappa shape index (κ3) is 5.32. The lowest BCUT2D eigenvalue weighted by molar-refractivity contribution is -0.130. The van der Waals surface area contributed by atoms with Gasteiger partial charge in [-0.3, -0.25) is 9.48 Å². The molecule has 6 nitrogen and oxygen atoms in total. The molecule has 0 saturated heterocycles. The third-order valence-electron chi connectivity index (χ3n) is 3.47. The van der Waals surface area contributed by atoms with Crippen molar-refractivity contribution in [3.8, 4) is 11.5 Å². The summed E-state index contributed by atoms with van der Waals surface area (Å²) in [6, 6.07) is 7.41. The first-order valence-electron chi connectivity index (χ1n) is 7.57. The van der Waals surface area contributed by atoms with Gasteiger partial charge in [0.2, 0.25) is 5.91 Å². The van der Waals surface area contributed by atoms with Gasteiger partial charge >= 0.3 is 0 Å². The van der Waals surface area contributed by atoms with Crippen LogP contribution in [0.15, 0.2) is 36.7 Å². The van der Waals surface area contributed by atoms with Crippen molar-refractivity contribution in [3.63, 3.8) is 0 Å². The molecule has 0 aliphatic heterocycles. The van der Waals surface area contributed by atoms with Crippen molar-refractivity contribution in [2.45, 2.75) is 19.4 Å². The standard InChI is InChI=1S/C17H23N3O3/c1-19(12-14-11-18-20(2)13-14)17(21)5-4-10-23-16-8-6-15(22-3)7-9-16/h6-9,11,13H,4-5,10,12H2,1-3H3. The van der Waals surface area contributed by atoms with E-state index in [2.05, 4.69) is 5.10 Å². The average molecular weight is 317 g/mol. The molecule has 1 aromatic heterocycles. The summed E-state index contributed by atoms with van der Waals surface area (Å²) >= 11 is 0. The van der Waals surface area contributed by atoms with E-state index < -0.39 is 0 Å². The Morgan fingerprint density at radius 3 is 2.57 bits per heavy atom. The Morgan fingerprint density at radius 1 is 1.26 bits per heavy atom. The summed E-state index contributed by atoms with van der Waals surface area (Å²) in [7, 11) is 5.30. The third-order valence-corrected chi connectivity index (χ3v) is 3.47. The lowest BCUT2D eigenvalue weighted by atomic mass is 10.2. The second-order valence-corrected chi connectivity index (χ2v) is 5.40. The Bertz CT molecular complexity index is 622. The topological polar surface area (TPSA) is 56.6 Å². The summed E-state index contributed by atoms with van der Waals surface area (Å²) in [5, 5.41) is 4.10. The summed E-state index contributed by atoms with van der Waals surface area (Å²) in [4.78, 5) is 13.8. The molecule has 0 bridgehead atoms. The monoisotopic (exact) mass is 317 g/mol. The lowest BCUT2D eigenvalue weighted by Crippen LogP contribution is -2.26. The van der Waals surface area contributed by atoms with Crippen LogP contribution in [0.1, 0.15) is 18.4 Å². The molecule has 0 unspecified atom stereocenters. The molecule has 23 heavy (non-hydrogen) atoms. The highest BCUT2D eigenvalue weighted by Crippen LogP contribution is 2.17. The molecule has 0 atom stereocenters. The molecule has 124 valence electrons. The minimum atomic E-state index is 0.104. The zero-order valence-corrected chi connectivity index (χ0v) is 13.9. The van der Waals surface area contributed by atoms with Crippen LogP contribution in [0.5, 0.6) is 11.5 Å². The molecule has 0 radical (unpaired) electrons. The van der Waals surface area contributed by atoms with Crippen LogP contribution >= 0.6 is 0 Å². The SMILES string of the molecule is COc1ccc(OCCCC(=O)N(C)Cc2cnn(C)c2)cc1. The normalized spacial score (nSPS) is 10.4. The van der Waals surface area contributed by atoms with E-state index in [1.165, 1.54) is 0 Å². The maximum atomic E-state index is 12.1. The second kappa shape index (κ2) is 8.22. The van der Waals surface area contributed by atoms with Crippen LogP contribution in [0.3, 0.4) is 0 Å². The first kappa shape index (κ1) is 16.9. The van der Waals surface area contributed by atoms with Gasteiger partial charge in [0, 0.05) is 38.8 Å². The highest BCUT2D eigenvalue weighted by molar-refractivity contribution is 5.75. The van der Waals surface area contributed by atoms with Gasteiger partial charge in [-0.25, -0.2) is 0 Å². The first-order chi connectivity index (χ1) is 11.1. The molecule has 2 rings (SSSR count). The molecule has 1 aromatic carbocycles. The van der Waals surface area contributed by atoms with Crippen molar-refractivity contribution >= 4 is 5.91 Å². The van der Waals surface area contributed by atoms with E-state index in [-0.39, 0.29) is 5.91 Å². The zero-order chi connectivity index (χ0) is 16.7. The Kier molecular flexibility index (Phi) is 6.02. The lowest BCUT2D eigenvalue weighted by Gasteiger charge is -2.16. The molecular formula is C17H23N3O3. The first-order valence-corrected chi connectivity index (χ1v) is 7.57. The Hall–Kier alpha value is -2.50. The molecule has 0 spiro atoms. The van der Waals surface area contributed by atoms with Crippen molar-refractivity contribution < 1.29 is 14.3 Å². The highest BCUT2D eigenvalue weighted by Gasteiger charge is 2.10. The number of benzene rings is 1. The van der Waals surface area contributed by atoms with Crippen LogP contribution in [0.2, 0.25) is 0 Å².